The summed E-state index contributed by atoms with van der Waals surface area (Å²) in [6.45, 7) is 0.343. The van der Waals surface area contributed by atoms with Gasteiger partial charge in [-0.2, -0.15) is 0 Å². The maximum absolute atomic E-state index is 12.2. The first-order valence-electron chi connectivity index (χ1n) is 9.57. The summed E-state index contributed by atoms with van der Waals surface area (Å²) < 4.78 is 0. The summed E-state index contributed by atoms with van der Waals surface area (Å²) in [5, 5.41) is 18.8. The van der Waals surface area contributed by atoms with Crippen LogP contribution in [0.5, 0.6) is 0 Å². The Bertz CT molecular complexity index is 723. The van der Waals surface area contributed by atoms with Crippen LogP contribution in [0.1, 0.15) is 38.5 Å². The quantitative estimate of drug-likeness (QED) is 0.287. The molecule has 0 saturated carbocycles. The van der Waals surface area contributed by atoms with Crippen molar-refractivity contribution in [3.05, 3.63) is 42.5 Å². The van der Waals surface area contributed by atoms with Crippen molar-refractivity contribution in [1.82, 2.24) is 4.90 Å². The molecule has 0 bridgehead atoms. The van der Waals surface area contributed by atoms with Crippen LogP contribution in [0.25, 0.3) is 0 Å². The van der Waals surface area contributed by atoms with E-state index in [1.807, 2.05) is 36.4 Å². The lowest BCUT2D eigenvalue weighted by Gasteiger charge is -2.32. The summed E-state index contributed by atoms with van der Waals surface area (Å²) in [5.41, 5.74) is 0. The zero-order valence-electron chi connectivity index (χ0n) is 15.9. The van der Waals surface area contributed by atoms with Gasteiger partial charge in [-0.1, -0.05) is 36.3 Å². The molecule has 2 atom stereocenters. The summed E-state index contributed by atoms with van der Waals surface area (Å²) in [4.78, 5) is 25.6. The second kappa shape index (κ2) is 12.3. The molecule has 150 valence electrons. The van der Waals surface area contributed by atoms with Crippen LogP contribution in [-0.2, 0) is 9.59 Å². The van der Waals surface area contributed by atoms with Gasteiger partial charge in [0.15, 0.2) is 0 Å². The second-order valence-corrected chi connectivity index (χ2v) is 7.75. The van der Waals surface area contributed by atoms with E-state index in [1.165, 1.54) is 0 Å². The molecule has 0 aromatic heterocycles. The third kappa shape index (κ3) is 8.20. The largest absolute Gasteiger partial charge is 0.481 e. The Morgan fingerprint density at radius 3 is 2.86 bits per heavy atom. The van der Waals surface area contributed by atoms with Crippen LogP contribution in [0.2, 0.25) is 0 Å². The molecule has 1 amide bonds. The Hall–Kier alpha value is -2.23. The highest BCUT2D eigenvalue weighted by atomic mass is 32.2. The molecule has 2 rings (SSSR count). The summed E-state index contributed by atoms with van der Waals surface area (Å²) in [6.07, 6.45) is 6.48. The highest BCUT2D eigenvalue weighted by molar-refractivity contribution is 7.99. The molecular formula is C22H27NO4S. The molecule has 0 aliphatic carbocycles. The van der Waals surface area contributed by atoms with Crippen LogP contribution >= 0.6 is 11.8 Å². The average Bonchev–Trinajstić information content (AvgIpc) is 2.69. The van der Waals surface area contributed by atoms with Gasteiger partial charge in [-0.3, -0.25) is 9.59 Å². The van der Waals surface area contributed by atoms with Crippen molar-refractivity contribution >= 4 is 23.6 Å². The van der Waals surface area contributed by atoms with Crippen molar-refractivity contribution in [2.45, 2.75) is 55.6 Å². The van der Waals surface area contributed by atoms with E-state index in [2.05, 4.69) is 11.8 Å². The maximum atomic E-state index is 12.2. The number of hydrogen-bond acceptors (Lipinski definition) is 4. The number of carboxylic acid groups (broad SMARTS) is 1. The number of piperidine rings is 1. The number of hydrogen-bond donors (Lipinski definition) is 2. The summed E-state index contributed by atoms with van der Waals surface area (Å²) >= 11 is 1.59. The zero-order valence-corrected chi connectivity index (χ0v) is 16.7. The lowest BCUT2D eigenvalue weighted by Crippen LogP contribution is -2.42. The number of amides is 1. The number of likely N-dealkylation sites (tertiary alicyclic amines) is 1. The van der Waals surface area contributed by atoms with Gasteiger partial charge in [-0.05, 0) is 31.4 Å². The monoisotopic (exact) mass is 401 g/mol. The molecular weight excluding hydrogens is 374 g/mol. The van der Waals surface area contributed by atoms with Gasteiger partial charge in [-0.15, -0.1) is 17.7 Å². The van der Waals surface area contributed by atoms with Crippen molar-refractivity contribution in [2.75, 3.05) is 12.3 Å². The Kier molecular flexibility index (Phi) is 9.67. The van der Waals surface area contributed by atoms with Crippen LogP contribution in [0.3, 0.4) is 0 Å². The van der Waals surface area contributed by atoms with E-state index >= 15 is 0 Å². The fourth-order valence-electron chi connectivity index (χ4n) is 2.92. The first-order chi connectivity index (χ1) is 13.6. The lowest BCUT2D eigenvalue weighted by atomic mass is 10.0. The van der Waals surface area contributed by atoms with Crippen molar-refractivity contribution in [3.8, 4) is 11.8 Å². The molecule has 1 saturated heterocycles. The second-order valence-electron chi connectivity index (χ2n) is 6.66. The van der Waals surface area contributed by atoms with Crippen molar-refractivity contribution in [3.63, 3.8) is 0 Å². The molecule has 1 aromatic carbocycles. The minimum absolute atomic E-state index is 0.0501. The number of carboxylic acids is 1. The minimum Gasteiger partial charge on any atom is -0.481 e. The molecule has 5 nitrogen and oxygen atoms in total. The smallest absolute Gasteiger partial charge is 0.303 e. The van der Waals surface area contributed by atoms with Crippen molar-refractivity contribution in [2.24, 2.45) is 0 Å². The van der Waals surface area contributed by atoms with E-state index < -0.39 is 12.1 Å². The van der Waals surface area contributed by atoms with Gasteiger partial charge in [-0.25, -0.2) is 0 Å². The number of aliphatic hydroxyl groups is 1. The molecule has 0 radical (unpaired) electrons. The number of carbonyl (C=O) groups excluding carboxylic acids is 1. The van der Waals surface area contributed by atoms with E-state index in [-0.39, 0.29) is 18.4 Å². The molecule has 1 heterocycles. The molecule has 1 aliphatic heterocycles. The van der Waals surface area contributed by atoms with E-state index in [4.69, 9.17) is 5.11 Å². The topological polar surface area (TPSA) is 77.8 Å². The summed E-state index contributed by atoms with van der Waals surface area (Å²) in [6, 6.07) is 9.88. The van der Waals surface area contributed by atoms with Gasteiger partial charge in [0, 0.05) is 29.9 Å². The molecule has 0 spiro atoms. The van der Waals surface area contributed by atoms with Gasteiger partial charge in [0.2, 0.25) is 5.91 Å². The van der Waals surface area contributed by atoms with Gasteiger partial charge in [0.25, 0.3) is 0 Å². The first-order valence-corrected chi connectivity index (χ1v) is 10.6. The van der Waals surface area contributed by atoms with Crippen LogP contribution in [0, 0.1) is 11.8 Å². The number of benzene rings is 1. The molecule has 2 N–H and O–H groups in total. The van der Waals surface area contributed by atoms with Gasteiger partial charge in [0.1, 0.15) is 0 Å². The van der Waals surface area contributed by atoms with Crippen LogP contribution in [-0.4, -0.2) is 51.4 Å². The van der Waals surface area contributed by atoms with Gasteiger partial charge >= 0.3 is 5.97 Å². The van der Waals surface area contributed by atoms with Gasteiger partial charge in [0.05, 0.1) is 18.7 Å². The lowest BCUT2D eigenvalue weighted by molar-refractivity contribution is -0.137. The fraction of sp³-hybridized carbons (Fsp3) is 0.455. The molecule has 1 unspecified atom stereocenters. The fourth-order valence-corrected chi connectivity index (χ4v) is 3.74. The number of thioether (sulfide) groups is 1. The maximum Gasteiger partial charge on any atom is 0.303 e. The molecule has 6 heteroatoms. The van der Waals surface area contributed by atoms with Gasteiger partial charge < -0.3 is 15.1 Å². The van der Waals surface area contributed by atoms with Crippen molar-refractivity contribution in [1.29, 1.82) is 0 Å². The Labute approximate surface area is 170 Å². The Morgan fingerprint density at radius 2 is 2.11 bits per heavy atom. The summed E-state index contributed by atoms with van der Waals surface area (Å²) in [5.74, 6) is 5.75. The third-order valence-corrected chi connectivity index (χ3v) is 5.51. The molecule has 1 aliphatic rings. The van der Waals surface area contributed by atoms with E-state index in [9.17, 15) is 14.7 Å². The normalized spacial score (nSPS) is 18.0. The predicted octanol–water partition coefficient (Wildman–Crippen LogP) is 3.34. The van der Waals surface area contributed by atoms with E-state index in [0.717, 1.165) is 17.7 Å². The number of aliphatic hydroxyl groups excluding tert-OH is 1. The molecule has 1 fully saturated rings. The highest BCUT2D eigenvalue weighted by Crippen LogP contribution is 2.21. The number of unbranched alkanes of at least 4 members (excludes halogenated alkanes) is 1. The zero-order chi connectivity index (χ0) is 20.2. The van der Waals surface area contributed by atoms with Crippen LogP contribution in [0.15, 0.2) is 47.4 Å². The standard InChI is InChI=1S/C22H27NO4S/c24-19(17-28-20-10-4-3-5-11-20)15-14-18-9-8-12-21(25)23(18)16-7-2-1-6-13-22(26)27/h3-5,10-11,14-15,18-19,24H,1,6,8-9,12-13,16-17H2,(H,26,27)/b15-14+/t18-,19?/m1/s1. The first kappa shape index (κ1) is 22.1. The average molecular weight is 402 g/mol. The van der Waals surface area contributed by atoms with E-state index in [1.54, 1.807) is 22.7 Å². The molecule has 1 aromatic rings. The number of rotatable bonds is 9. The predicted molar refractivity (Wildman–Crippen MR) is 111 cm³/mol. The number of carbonyl (C=O) groups is 2. The van der Waals surface area contributed by atoms with Crippen LogP contribution in [0.4, 0.5) is 0 Å². The molecule has 28 heavy (non-hydrogen) atoms. The third-order valence-electron chi connectivity index (χ3n) is 4.40. The van der Waals surface area contributed by atoms with E-state index in [0.29, 0.717) is 31.6 Å². The Balaban J connectivity index is 1.83. The Morgan fingerprint density at radius 1 is 1.32 bits per heavy atom. The number of nitrogens with zero attached hydrogens (tertiary/aromatic N) is 1. The summed E-state index contributed by atoms with van der Waals surface area (Å²) in [7, 11) is 0. The van der Waals surface area contributed by atoms with Crippen molar-refractivity contribution < 1.29 is 19.8 Å². The van der Waals surface area contributed by atoms with Crippen LogP contribution < -0.4 is 0 Å². The SMILES string of the molecule is O=C(O)CCCC#CCN1C(=O)CCC[C@@H]1/C=C/C(O)CSc1ccccc1. The minimum atomic E-state index is -0.817. The number of aliphatic carboxylic acids is 1. The highest BCUT2D eigenvalue weighted by Gasteiger charge is 2.25.